The molecule has 2 amide bonds. The molecule has 0 saturated heterocycles. The number of nitrogens with two attached hydrogens (primary N) is 1. The minimum atomic E-state index is -1.18. The van der Waals surface area contributed by atoms with Crippen molar-refractivity contribution < 1.29 is 34.2 Å². The zero-order valence-electron chi connectivity index (χ0n) is 15.7. The van der Waals surface area contributed by atoms with E-state index in [1.54, 1.807) is 19.1 Å². The smallest absolute Gasteiger partial charge is 0.326 e. The molecule has 12 nitrogen and oxygen atoms in total. The van der Waals surface area contributed by atoms with Crippen LogP contribution in [0.5, 0.6) is 5.75 Å². The highest BCUT2D eigenvalue weighted by Gasteiger charge is 2.20. The number of aromatic hydroxyl groups is 1. The van der Waals surface area contributed by atoms with Gasteiger partial charge < -0.3 is 36.2 Å². The number of urea groups is 1. The van der Waals surface area contributed by atoms with Crippen LogP contribution in [0.4, 0.5) is 4.79 Å². The van der Waals surface area contributed by atoms with Crippen LogP contribution in [0.25, 0.3) is 0 Å². The highest BCUT2D eigenvalue weighted by molar-refractivity contribution is 5.82. The van der Waals surface area contributed by atoms with Crippen LogP contribution in [-0.2, 0) is 29.1 Å². The molecular weight excluding hydrogens is 386 g/mol. The fraction of sp³-hybridized carbons (Fsp3) is 0.353. The number of nitrogens with one attached hydrogen (secondary N) is 2. The van der Waals surface area contributed by atoms with Crippen LogP contribution in [-0.4, -0.2) is 49.5 Å². The molecule has 0 fully saturated rings. The minimum absolute atomic E-state index is 0.0512. The Balaban J connectivity index is 0.000000749. The van der Waals surface area contributed by atoms with E-state index in [2.05, 4.69) is 20.8 Å². The number of amides is 2. The molecule has 1 heterocycles. The molecule has 0 aliphatic heterocycles. The highest BCUT2D eigenvalue weighted by Crippen LogP contribution is 2.11. The molecule has 0 saturated carbocycles. The summed E-state index contributed by atoms with van der Waals surface area (Å²) in [6, 6.07) is 4.23. The molecule has 12 heteroatoms. The summed E-state index contributed by atoms with van der Waals surface area (Å²) in [6.45, 7) is 1.66. The van der Waals surface area contributed by atoms with Gasteiger partial charge in [0.25, 0.3) is 0 Å². The maximum Gasteiger partial charge on any atom is 0.326 e. The summed E-state index contributed by atoms with van der Waals surface area (Å²) in [5.74, 6) is -1.38. The van der Waals surface area contributed by atoms with Gasteiger partial charge in [-0.1, -0.05) is 24.2 Å². The molecule has 1 atom stereocenters. The van der Waals surface area contributed by atoms with E-state index in [0.29, 0.717) is 11.4 Å². The SMILES string of the molecule is CCC(=O)O.NCc1noc(CNC(=O)NC(Cc2ccc(O)cc2)C(=O)O)n1. The minimum Gasteiger partial charge on any atom is -0.508 e. The van der Waals surface area contributed by atoms with E-state index in [9.17, 15) is 24.6 Å². The molecule has 1 unspecified atom stereocenters. The van der Waals surface area contributed by atoms with Crippen LogP contribution in [0.15, 0.2) is 28.8 Å². The Morgan fingerprint density at radius 1 is 1.21 bits per heavy atom. The van der Waals surface area contributed by atoms with Crippen LogP contribution in [0.3, 0.4) is 0 Å². The highest BCUT2D eigenvalue weighted by atomic mass is 16.5. The lowest BCUT2D eigenvalue weighted by Gasteiger charge is -2.14. The van der Waals surface area contributed by atoms with Gasteiger partial charge in [0.1, 0.15) is 11.8 Å². The van der Waals surface area contributed by atoms with E-state index in [0.717, 1.165) is 0 Å². The Bertz CT molecular complexity index is 807. The van der Waals surface area contributed by atoms with Crippen molar-refractivity contribution in [3.8, 4) is 5.75 Å². The Morgan fingerprint density at radius 3 is 2.31 bits per heavy atom. The molecule has 0 bridgehead atoms. The zero-order chi connectivity index (χ0) is 21.8. The molecule has 1 aromatic carbocycles. The molecule has 29 heavy (non-hydrogen) atoms. The number of nitrogens with zero attached hydrogens (tertiary/aromatic N) is 2. The largest absolute Gasteiger partial charge is 0.508 e. The van der Waals surface area contributed by atoms with Crippen LogP contribution in [0.1, 0.15) is 30.6 Å². The van der Waals surface area contributed by atoms with Gasteiger partial charge in [0, 0.05) is 12.8 Å². The van der Waals surface area contributed by atoms with Gasteiger partial charge in [-0.3, -0.25) is 4.79 Å². The second kappa shape index (κ2) is 11.9. The zero-order valence-corrected chi connectivity index (χ0v) is 15.7. The van der Waals surface area contributed by atoms with Gasteiger partial charge in [-0.05, 0) is 17.7 Å². The van der Waals surface area contributed by atoms with Crippen LogP contribution in [0, 0.1) is 0 Å². The van der Waals surface area contributed by atoms with Crippen molar-refractivity contribution in [3.63, 3.8) is 0 Å². The number of carbonyl (C=O) groups is 3. The number of hydrogen-bond donors (Lipinski definition) is 6. The summed E-state index contributed by atoms with van der Waals surface area (Å²) in [5.41, 5.74) is 5.99. The van der Waals surface area contributed by atoms with E-state index in [1.165, 1.54) is 12.1 Å². The van der Waals surface area contributed by atoms with Gasteiger partial charge >= 0.3 is 18.0 Å². The van der Waals surface area contributed by atoms with Gasteiger partial charge in [0.05, 0.1) is 13.1 Å². The lowest BCUT2D eigenvalue weighted by molar-refractivity contribution is -0.139. The molecule has 0 radical (unpaired) electrons. The summed E-state index contributed by atoms with van der Waals surface area (Å²) in [4.78, 5) is 36.4. The fourth-order valence-corrected chi connectivity index (χ4v) is 1.88. The second-order valence-electron chi connectivity index (χ2n) is 5.64. The van der Waals surface area contributed by atoms with Crippen molar-refractivity contribution >= 4 is 18.0 Å². The lowest BCUT2D eigenvalue weighted by Crippen LogP contribution is -2.46. The van der Waals surface area contributed by atoms with E-state index in [-0.39, 0.29) is 37.6 Å². The molecule has 2 aromatic rings. The van der Waals surface area contributed by atoms with E-state index >= 15 is 0 Å². The second-order valence-corrected chi connectivity index (χ2v) is 5.64. The number of aliphatic carboxylic acids is 2. The Kier molecular flexibility index (Phi) is 9.61. The number of carboxylic acids is 2. The molecule has 0 aliphatic carbocycles. The van der Waals surface area contributed by atoms with Crippen molar-refractivity contribution in [1.29, 1.82) is 0 Å². The van der Waals surface area contributed by atoms with Crippen molar-refractivity contribution in [3.05, 3.63) is 41.5 Å². The fourth-order valence-electron chi connectivity index (χ4n) is 1.88. The summed E-state index contributed by atoms with van der Waals surface area (Å²) in [5, 5.41) is 34.5. The Labute approximate surface area is 165 Å². The number of aromatic nitrogens is 2. The van der Waals surface area contributed by atoms with Gasteiger partial charge in [0.2, 0.25) is 5.89 Å². The molecule has 2 rings (SSSR count). The lowest BCUT2D eigenvalue weighted by atomic mass is 10.1. The third kappa shape index (κ3) is 9.19. The van der Waals surface area contributed by atoms with Crippen molar-refractivity contribution in [2.75, 3.05) is 0 Å². The first-order valence-corrected chi connectivity index (χ1v) is 8.53. The Morgan fingerprint density at radius 2 is 1.83 bits per heavy atom. The molecule has 1 aromatic heterocycles. The maximum absolute atomic E-state index is 11.8. The van der Waals surface area contributed by atoms with E-state index < -0.39 is 24.0 Å². The van der Waals surface area contributed by atoms with Gasteiger partial charge in [0.15, 0.2) is 5.82 Å². The van der Waals surface area contributed by atoms with E-state index in [1.807, 2.05) is 0 Å². The third-order valence-corrected chi connectivity index (χ3v) is 3.37. The average Bonchev–Trinajstić information content (AvgIpc) is 3.16. The predicted molar refractivity (Wildman–Crippen MR) is 98.7 cm³/mol. The molecule has 7 N–H and O–H groups in total. The van der Waals surface area contributed by atoms with Crippen LogP contribution >= 0.6 is 0 Å². The van der Waals surface area contributed by atoms with E-state index in [4.69, 9.17) is 15.4 Å². The first-order valence-electron chi connectivity index (χ1n) is 8.53. The van der Waals surface area contributed by atoms with Crippen molar-refractivity contribution in [1.82, 2.24) is 20.8 Å². The van der Waals surface area contributed by atoms with Gasteiger partial charge in [-0.25, -0.2) is 9.59 Å². The normalized spacial score (nSPS) is 11.0. The quantitative estimate of drug-likeness (QED) is 0.350. The van der Waals surface area contributed by atoms with Crippen molar-refractivity contribution in [2.24, 2.45) is 5.73 Å². The summed E-state index contributed by atoms with van der Waals surface area (Å²) in [6.07, 6.45) is 0.293. The standard InChI is InChI=1S/C14H17N5O5.C3H6O2/c15-6-11-18-12(24-19-11)7-16-14(23)17-10(13(21)22)5-8-1-3-9(20)4-2-8;1-2-3(4)5/h1-4,10,20H,5-7,15H2,(H,21,22)(H2,16,17,23);2H2,1H3,(H,4,5). The van der Waals surface area contributed by atoms with Gasteiger partial charge in [-0.15, -0.1) is 0 Å². The molecule has 158 valence electrons. The number of phenolic OH excluding ortho intramolecular Hbond substituents is 1. The number of benzene rings is 1. The van der Waals surface area contributed by atoms with Gasteiger partial charge in [-0.2, -0.15) is 4.98 Å². The monoisotopic (exact) mass is 409 g/mol. The summed E-state index contributed by atoms with van der Waals surface area (Å²) < 4.78 is 4.84. The van der Waals surface area contributed by atoms with Crippen LogP contribution in [0.2, 0.25) is 0 Å². The predicted octanol–water partition coefficient (Wildman–Crippen LogP) is 0.210. The first-order chi connectivity index (χ1) is 13.7. The number of hydrogen-bond acceptors (Lipinski definition) is 8. The number of carboxylic acid groups (broad SMARTS) is 2. The number of rotatable bonds is 8. The topological polar surface area (TPSA) is 201 Å². The van der Waals surface area contributed by atoms with Crippen molar-refractivity contribution in [2.45, 2.75) is 38.9 Å². The number of carbonyl (C=O) groups excluding carboxylic acids is 1. The first kappa shape index (κ1) is 23.4. The Hall–Kier alpha value is -3.67. The summed E-state index contributed by atoms with van der Waals surface area (Å²) >= 11 is 0. The third-order valence-electron chi connectivity index (χ3n) is 3.37. The molecule has 0 spiro atoms. The number of phenols is 1. The summed E-state index contributed by atoms with van der Waals surface area (Å²) in [7, 11) is 0. The molecule has 0 aliphatic rings. The average molecular weight is 409 g/mol. The maximum atomic E-state index is 11.8. The van der Waals surface area contributed by atoms with Crippen LogP contribution < -0.4 is 16.4 Å². The molecular formula is C17H23N5O7.